The number of unbranched alkanes of at least 4 members (excludes halogenated alkanes) is 1. The van der Waals surface area contributed by atoms with E-state index in [1.165, 1.54) is 32.6 Å². The van der Waals surface area contributed by atoms with E-state index in [1.807, 2.05) is 6.92 Å². The Balaban J connectivity index is 2.07. The van der Waals surface area contributed by atoms with E-state index < -0.39 is 0 Å². The molecule has 0 aromatic rings. The minimum atomic E-state index is -0.128. The van der Waals surface area contributed by atoms with Crippen LogP contribution in [-0.4, -0.2) is 60.3 Å². The Morgan fingerprint density at radius 2 is 2.07 bits per heavy atom. The number of likely N-dealkylation sites (N-methyl/N-ethyl adjacent to an activating group) is 1. The van der Waals surface area contributed by atoms with Crippen LogP contribution in [0, 0.1) is 0 Å². The van der Waals surface area contributed by atoms with Crippen LogP contribution in [0.3, 0.4) is 0 Å². The Morgan fingerprint density at radius 1 is 1.33 bits per heavy atom. The Morgan fingerprint density at radius 3 is 2.67 bits per heavy atom. The van der Waals surface area contributed by atoms with Crippen LogP contribution in [0.2, 0.25) is 0 Å². The maximum atomic E-state index is 9.15. The molecule has 0 aromatic heterocycles. The van der Waals surface area contributed by atoms with Crippen molar-refractivity contribution in [3.8, 4) is 0 Å². The normalized spacial score (nSPS) is 26.8. The van der Waals surface area contributed by atoms with E-state index in [-0.39, 0.29) is 6.10 Å². The number of hydrogen-bond acceptors (Lipinski definition) is 3. The smallest absolute Gasteiger partial charge is 0.0512 e. The molecule has 1 heterocycles. The summed E-state index contributed by atoms with van der Waals surface area (Å²) < 4.78 is 0. The highest BCUT2D eigenvalue weighted by Crippen LogP contribution is 2.09. The fourth-order valence-electron chi connectivity index (χ4n) is 2.10. The third kappa shape index (κ3) is 4.96. The first-order chi connectivity index (χ1) is 7.09. The second-order valence-corrected chi connectivity index (χ2v) is 4.98. The maximum absolute atomic E-state index is 9.15. The molecule has 0 bridgehead atoms. The highest BCUT2D eigenvalue weighted by atomic mass is 16.3. The molecule has 0 radical (unpaired) electrons. The van der Waals surface area contributed by atoms with Crippen LogP contribution in [0.5, 0.6) is 0 Å². The summed E-state index contributed by atoms with van der Waals surface area (Å²) in [5, 5.41) is 9.15. The molecule has 0 aliphatic carbocycles. The van der Waals surface area contributed by atoms with Gasteiger partial charge in [0.1, 0.15) is 0 Å². The summed E-state index contributed by atoms with van der Waals surface area (Å²) in [5.74, 6) is 0. The average molecular weight is 214 g/mol. The van der Waals surface area contributed by atoms with Crippen molar-refractivity contribution in [2.24, 2.45) is 0 Å². The fraction of sp³-hybridized carbons (Fsp3) is 1.00. The first kappa shape index (κ1) is 12.9. The monoisotopic (exact) mass is 214 g/mol. The standard InChI is InChI=1S/C12H26N2O/c1-11-10-14(9-8-13(11)3)7-5-4-6-12(2)15/h11-12,15H,4-10H2,1-3H3. The van der Waals surface area contributed by atoms with Crippen LogP contribution in [-0.2, 0) is 0 Å². The van der Waals surface area contributed by atoms with Crippen molar-refractivity contribution < 1.29 is 5.11 Å². The molecule has 90 valence electrons. The number of hydrogen-bond donors (Lipinski definition) is 1. The molecule has 1 rings (SSSR count). The zero-order valence-electron chi connectivity index (χ0n) is 10.4. The molecular formula is C12H26N2O. The zero-order chi connectivity index (χ0) is 11.3. The third-order valence-electron chi connectivity index (χ3n) is 3.39. The van der Waals surface area contributed by atoms with E-state index in [0.29, 0.717) is 6.04 Å². The molecule has 3 heteroatoms. The summed E-state index contributed by atoms with van der Waals surface area (Å²) in [6.07, 6.45) is 3.19. The average Bonchev–Trinajstić information content (AvgIpc) is 2.18. The van der Waals surface area contributed by atoms with Gasteiger partial charge in [-0.25, -0.2) is 0 Å². The SMILES string of the molecule is CC(O)CCCCN1CCN(C)C(C)C1. The lowest BCUT2D eigenvalue weighted by Crippen LogP contribution is -2.50. The van der Waals surface area contributed by atoms with E-state index in [9.17, 15) is 0 Å². The number of nitrogens with zero attached hydrogens (tertiary/aromatic N) is 2. The summed E-state index contributed by atoms with van der Waals surface area (Å²) in [6, 6.07) is 0.690. The van der Waals surface area contributed by atoms with Crippen LogP contribution in [0.25, 0.3) is 0 Å². The molecule has 2 unspecified atom stereocenters. The Bertz CT molecular complexity index is 173. The van der Waals surface area contributed by atoms with Gasteiger partial charge in [0.15, 0.2) is 0 Å². The van der Waals surface area contributed by atoms with Gasteiger partial charge >= 0.3 is 0 Å². The van der Waals surface area contributed by atoms with Gasteiger partial charge < -0.3 is 14.9 Å². The first-order valence-corrected chi connectivity index (χ1v) is 6.20. The molecule has 1 aliphatic heterocycles. The van der Waals surface area contributed by atoms with Crippen molar-refractivity contribution in [2.45, 2.75) is 45.3 Å². The highest BCUT2D eigenvalue weighted by molar-refractivity contribution is 4.76. The van der Waals surface area contributed by atoms with Crippen LogP contribution >= 0.6 is 0 Å². The van der Waals surface area contributed by atoms with Crippen molar-refractivity contribution in [2.75, 3.05) is 33.2 Å². The van der Waals surface area contributed by atoms with Gasteiger partial charge in [0.2, 0.25) is 0 Å². The molecule has 3 nitrogen and oxygen atoms in total. The van der Waals surface area contributed by atoms with Gasteiger partial charge in [0, 0.05) is 25.7 Å². The van der Waals surface area contributed by atoms with Crippen molar-refractivity contribution in [1.29, 1.82) is 0 Å². The number of rotatable bonds is 5. The molecular weight excluding hydrogens is 188 g/mol. The number of aliphatic hydroxyl groups excluding tert-OH is 1. The van der Waals surface area contributed by atoms with Gasteiger partial charge in [-0.2, -0.15) is 0 Å². The lowest BCUT2D eigenvalue weighted by Gasteiger charge is -2.37. The summed E-state index contributed by atoms with van der Waals surface area (Å²) in [4.78, 5) is 4.97. The molecule has 1 fully saturated rings. The lowest BCUT2D eigenvalue weighted by molar-refractivity contribution is 0.102. The van der Waals surface area contributed by atoms with Gasteiger partial charge in [-0.05, 0) is 46.7 Å². The predicted octanol–water partition coefficient (Wildman–Crippen LogP) is 1.17. The lowest BCUT2D eigenvalue weighted by atomic mass is 10.1. The summed E-state index contributed by atoms with van der Waals surface area (Å²) >= 11 is 0. The van der Waals surface area contributed by atoms with E-state index in [0.717, 1.165) is 12.8 Å². The van der Waals surface area contributed by atoms with Crippen molar-refractivity contribution in [3.63, 3.8) is 0 Å². The fourth-order valence-corrected chi connectivity index (χ4v) is 2.10. The van der Waals surface area contributed by atoms with Crippen molar-refractivity contribution >= 4 is 0 Å². The van der Waals surface area contributed by atoms with E-state index in [1.54, 1.807) is 0 Å². The molecule has 2 atom stereocenters. The van der Waals surface area contributed by atoms with Crippen molar-refractivity contribution in [1.82, 2.24) is 9.80 Å². The van der Waals surface area contributed by atoms with Crippen LogP contribution in [0.1, 0.15) is 33.1 Å². The predicted molar refractivity (Wildman–Crippen MR) is 64.1 cm³/mol. The van der Waals surface area contributed by atoms with Gasteiger partial charge in [0.05, 0.1) is 6.10 Å². The minimum absolute atomic E-state index is 0.128. The Kier molecular flexibility index (Phi) is 5.58. The Labute approximate surface area is 94.1 Å². The molecule has 1 N–H and O–H groups in total. The highest BCUT2D eigenvalue weighted by Gasteiger charge is 2.19. The summed E-state index contributed by atoms with van der Waals surface area (Å²) in [5.41, 5.74) is 0. The molecule has 0 amide bonds. The van der Waals surface area contributed by atoms with Gasteiger partial charge in [-0.1, -0.05) is 0 Å². The van der Waals surface area contributed by atoms with Gasteiger partial charge in [-0.3, -0.25) is 0 Å². The minimum Gasteiger partial charge on any atom is -0.393 e. The van der Waals surface area contributed by atoms with E-state index in [4.69, 9.17) is 5.11 Å². The largest absolute Gasteiger partial charge is 0.393 e. The topological polar surface area (TPSA) is 26.7 Å². The zero-order valence-corrected chi connectivity index (χ0v) is 10.4. The number of aliphatic hydroxyl groups is 1. The first-order valence-electron chi connectivity index (χ1n) is 6.20. The van der Waals surface area contributed by atoms with Crippen LogP contribution < -0.4 is 0 Å². The molecule has 15 heavy (non-hydrogen) atoms. The summed E-state index contributed by atoms with van der Waals surface area (Å²) in [7, 11) is 2.20. The van der Waals surface area contributed by atoms with Gasteiger partial charge in [-0.15, -0.1) is 0 Å². The van der Waals surface area contributed by atoms with E-state index >= 15 is 0 Å². The summed E-state index contributed by atoms with van der Waals surface area (Å²) in [6.45, 7) is 8.96. The molecule has 1 aliphatic rings. The van der Waals surface area contributed by atoms with E-state index in [2.05, 4.69) is 23.8 Å². The van der Waals surface area contributed by atoms with Crippen LogP contribution in [0.15, 0.2) is 0 Å². The third-order valence-corrected chi connectivity index (χ3v) is 3.39. The maximum Gasteiger partial charge on any atom is 0.0512 e. The van der Waals surface area contributed by atoms with Crippen LogP contribution in [0.4, 0.5) is 0 Å². The van der Waals surface area contributed by atoms with Crippen molar-refractivity contribution in [3.05, 3.63) is 0 Å². The molecule has 1 saturated heterocycles. The Hall–Kier alpha value is -0.120. The molecule has 0 aromatic carbocycles. The second-order valence-electron chi connectivity index (χ2n) is 4.98. The molecule has 0 spiro atoms. The second kappa shape index (κ2) is 6.46. The quantitative estimate of drug-likeness (QED) is 0.696. The molecule has 0 saturated carbocycles. The number of piperazine rings is 1. The van der Waals surface area contributed by atoms with Gasteiger partial charge in [0.25, 0.3) is 0 Å².